The monoisotopic (exact) mass is 258 g/mol. The van der Waals surface area contributed by atoms with E-state index in [1.165, 1.54) is 25.7 Å². The largest absolute Gasteiger partial charge is 0.345 e. The van der Waals surface area contributed by atoms with Gasteiger partial charge in [0.1, 0.15) is 0 Å². The highest BCUT2D eigenvalue weighted by atomic mass is 17.1. The van der Waals surface area contributed by atoms with Crippen LogP contribution < -0.4 is 0 Å². The van der Waals surface area contributed by atoms with Crippen LogP contribution in [-0.2, 0) is 9.68 Å². The van der Waals surface area contributed by atoms with Crippen LogP contribution in [0, 0.1) is 11.3 Å². The second-order valence-corrected chi connectivity index (χ2v) is 5.86. The minimum absolute atomic E-state index is 0.108. The van der Waals surface area contributed by atoms with Crippen molar-refractivity contribution in [3.8, 4) is 0 Å². The fraction of sp³-hybridized carbons (Fsp3) is 0.933. The highest BCUT2D eigenvalue weighted by Crippen LogP contribution is 2.35. The minimum atomic E-state index is -0.476. The Kier molecular flexibility index (Phi) is 9.08. The number of rotatable bonds is 10. The van der Waals surface area contributed by atoms with Crippen LogP contribution in [0.3, 0.4) is 0 Å². The fourth-order valence-electron chi connectivity index (χ4n) is 2.27. The van der Waals surface area contributed by atoms with Gasteiger partial charge in [-0.3, -0.25) is 0 Å². The average molecular weight is 258 g/mol. The van der Waals surface area contributed by atoms with E-state index < -0.39 is 5.97 Å². The maximum absolute atomic E-state index is 11.6. The van der Waals surface area contributed by atoms with Gasteiger partial charge in [0.05, 0.1) is 5.92 Å². The smallest absolute Gasteiger partial charge is 0.301 e. The van der Waals surface area contributed by atoms with E-state index in [1.54, 1.807) is 0 Å². The van der Waals surface area contributed by atoms with Crippen LogP contribution in [0.4, 0.5) is 0 Å². The number of carbonyl (C=O) groups excluding carboxylic acids is 1. The molecule has 0 aliphatic carbocycles. The van der Waals surface area contributed by atoms with Crippen LogP contribution in [0.5, 0.6) is 0 Å². The molecule has 3 heteroatoms. The number of unbranched alkanes of at least 4 members (excludes halogenated alkanes) is 5. The van der Waals surface area contributed by atoms with Gasteiger partial charge in [-0.05, 0) is 11.8 Å². The molecule has 18 heavy (non-hydrogen) atoms. The van der Waals surface area contributed by atoms with Gasteiger partial charge in [0.2, 0.25) is 0 Å². The molecule has 0 aromatic heterocycles. The van der Waals surface area contributed by atoms with Gasteiger partial charge in [-0.15, -0.1) is 0 Å². The fourth-order valence-corrected chi connectivity index (χ4v) is 2.27. The summed E-state index contributed by atoms with van der Waals surface area (Å²) in [5, 5.41) is 8.59. The summed E-state index contributed by atoms with van der Waals surface area (Å²) in [7, 11) is 0. The number of carbonyl (C=O) groups is 1. The first-order chi connectivity index (χ1) is 8.49. The summed E-state index contributed by atoms with van der Waals surface area (Å²) >= 11 is 0. The first-order valence-corrected chi connectivity index (χ1v) is 7.34. The lowest BCUT2D eigenvalue weighted by Crippen LogP contribution is -2.31. The molecule has 0 rings (SSSR count). The van der Waals surface area contributed by atoms with Crippen molar-refractivity contribution in [3.05, 3.63) is 0 Å². The van der Waals surface area contributed by atoms with E-state index in [-0.39, 0.29) is 11.3 Å². The number of hydrogen-bond acceptors (Lipinski definition) is 3. The third-order valence-corrected chi connectivity index (χ3v) is 4.08. The molecule has 0 fully saturated rings. The van der Waals surface area contributed by atoms with E-state index in [0.29, 0.717) is 0 Å². The molecule has 0 aliphatic heterocycles. The summed E-state index contributed by atoms with van der Waals surface area (Å²) in [6, 6.07) is 0. The lowest BCUT2D eigenvalue weighted by atomic mass is 9.74. The molecule has 0 heterocycles. The second-order valence-electron chi connectivity index (χ2n) is 5.86. The zero-order chi connectivity index (χ0) is 14.0. The maximum Gasteiger partial charge on any atom is 0.345 e. The molecule has 0 amide bonds. The van der Waals surface area contributed by atoms with Crippen LogP contribution in [0.15, 0.2) is 0 Å². The summed E-state index contributed by atoms with van der Waals surface area (Å²) in [6.07, 6.45) is 8.98. The SMILES string of the molecule is CCCCCCCCC(C(=O)OO)C(C)(C)CC. The van der Waals surface area contributed by atoms with Crippen molar-refractivity contribution in [2.45, 2.75) is 79.1 Å². The van der Waals surface area contributed by atoms with Gasteiger partial charge >= 0.3 is 5.97 Å². The minimum Gasteiger partial charge on any atom is -0.301 e. The van der Waals surface area contributed by atoms with E-state index in [0.717, 1.165) is 25.7 Å². The zero-order valence-electron chi connectivity index (χ0n) is 12.5. The van der Waals surface area contributed by atoms with Crippen LogP contribution in [0.1, 0.15) is 79.1 Å². The van der Waals surface area contributed by atoms with Gasteiger partial charge < -0.3 is 4.89 Å². The summed E-state index contributed by atoms with van der Waals surface area (Å²) in [5.74, 6) is -0.672. The zero-order valence-corrected chi connectivity index (χ0v) is 12.5. The Labute approximate surface area is 112 Å². The Hall–Kier alpha value is -0.570. The standard InChI is InChI=1S/C15H30O3/c1-5-7-8-9-10-11-12-13(14(16)18-17)15(3,4)6-2/h13,17H,5-12H2,1-4H3. The molecule has 1 atom stereocenters. The number of hydrogen-bond donors (Lipinski definition) is 1. The molecule has 0 aromatic carbocycles. The Bertz CT molecular complexity index is 224. The quantitative estimate of drug-likeness (QED) is 0.347. The molecular formula is C15H30O3. The van der Waals surface area contributed by atoms with E-state index in [4.69, 9.17) is 5.26 Å². The Balaban J connectivity index is 4.07. The van der Waals surface area contributed by atoms with E-state index >= 15 is 0 Å². The van der Waals surface area contributed by atoms with Crippen molar-refractivity contribution in [1.82, 2.24) is 0 Å². The Morgan fingerprint density at radius 1 is 1.11 bits per heavy atom. The van der Waals surface area contributed by atoms with E-state index in [2.05, 4.69) is 32.6 Å². The predicted octanol–water partition coefficient (Wildman–Crippen LogP) is 4.81. The van der Waals surface area contributed by atoms with Gasteiger partial charge in [-0.1, -0.05) is 72.6 Å². The van der Waals surface area contributed by atoms with Crippen LogP contribution >= 0.6 is 0 Å². The van der Waals surface area contributed by atoms with Gasteiger partial charge in [0.25, 0.3) is 0 Å². The molecule has 0 saturated heterocycles. The first kappa shape index (κ1) is 17.4. The lowest BCUT2D eigenvalue weighted by molar-refractivity contribution is -0.242. The lowest BCUT2D eigenvalue weighted by Gasteiger charge is -2.30. The van der Waals surface area contributed by atoms with E-state index in [1.807, 2.05) is 0 Å². The molecular weight excluding hydrogens is 228 g/mol. The van der Waals surface area contributed by atoms with Crippen molar-refractivity contribution in [2.75, 3.05) is 0 Å². The molecule has 0 saturated carbocycles. The molecule has 108 valence electrons. The highest BCUT2D eigenvalue weighted by Gasteiger charge is 2.34. The molecule has 3 nitrogen and oxygen atoms in total. The average Bonchev–Trinajstić information content (AvgIpc) is 2.36. The molecule has 0 aliphatic rings. The summed E-state index contributed by atoms with van der Waals surface area (Å²) in [4.78, 5) is 15.6. The van der Waals surface area contributed by atoms with Gasteiger partial charge in [0, 0.05) is 0 Å². The Morgan fingerprint density at radius 2 is 1.67 bits per heavy atom. The third-order valence-electron chi connectivity index (χ3n) is 4.08. The Morgan fingerprint density at radius 3 is 2.17 bits per heavy atom. The first-order valence-electron chi connectivity index (χ1n) is 7.34. The predicted molar refractivity (Wildman–Crippen MR) is 74.3 cm³/mol. The second kappa shape index (κ2) is 9.37. The van der Waals surface area contributed by atoms with Gasteiger partial charge in [-0.2, -0.15) is 5.26 Å². The summed E-state index contributed by atoms with van der Waals surface area (Å²) in [5.41, 5.74) is -0.108. The van der Waals surface area contributed by atoms with E-state index in [9.17, 15) is 4.79 Å². The molecule has 0 spiro atoms. The van der Waals surface area contributed by atoms with Gasteiger partial charge in [-0.25, -0.2) is 4.79 Å². The van der Waals surface area contributed by atoms with Gasteiger partial charge in [0.15, 0.2) is 0 Å². The van der Waals surface area contributed by atoms with Crippen molar-refractivity contribution in [2.24, 2.45) is 11.3 Å². The van der Waals surface area contributed by atoms with Crippen molar-refractivity contribution >= 4 is 5.97 Å². The third kappa shape index (κ3) is 6.39. The highest BCUT2D eigenvalue weighted by molar-refractivity contribution is 5.72. The summed E-state index contributed by atoms with van der Waals surface area (Å²) in [6.45, 7) is 8.40. The molecule has 0 radical (unpaired) electrons. The van der Waals surface area contributed by atoms with Crippen molar-refractivity contribution < 1.29 is 14.9 Å². The summed E-state index contributed by atoms with van der Waals surface area (Å²) < 4.78 is 0. The van der Waals surface area contributed by atoms with Crippen molar-refractivity contribution in [1.29, 1.82) is 0 Å². The molecule has 0 aromatic rings. The van der Waals surface area contributed by atoms with Crippen LogP contribution in [0.25, 0.3) is 0 Å². The topological polar surface area (TPSA) is 46.5 Å². The van der Waals surface area contributed by atoms with Crippen LogP contribution in [-0.4, -0.2) is 11.2 Å². The normalized spacial score (nSPS) is 13.4. The van der Waals surface area contributed by atoms with Crippen LogP contribution in [0.2, 0.25) is 0 Å². The molecule has 1 unspecified atom stereocenters. The van der Waals surface area contributed by atoms with Crippen molar-refractivity contribution in [3.63, 3.8) is 0 Å². The maximum atomic E-state index is 11.6. The molecule has 0 bridgehead atoms. The molecule has 1 N–H and O–H groups in total.